The van der Waals surface area contributed by atoms with Crippen molar-refractivity contribution in [2.24, 2.45) is 0 Å². The van der Waals surface area contributed by atoms with Crippen molar-refractivity contribution in [2.45, 2.75) is 5.60 Å². The summed E-state index contributed by atoms with van der Waals surface area (Å²) in [5.41, 5.74) is -1.23. The summed E-state index contributed by atoms with van der Waals surface area (Å²) in [6.07, 6.45) is 2.17. The second-order valence-electron chi connectivity index (χ2n) is 3.11. The molecule has 1 amide bonds. The van der Waals surface area contributed by atoms with Gasteiger partial charge >= 0.3 is 12.1 Å². The molecule has 1 atom stereocenters. The van der Waals surface area contributed by atoms with Crippen molar-refractivity contribution in [2.75, 3.05) is 6.54 Å². The molecule has 1 aliphatic heterocycles. The quantitative estimate of drug-likeness (QED) is 0.719. The number of aromatic nitrogens is 1. The monoisotopic (exact) mass is 208 g/mol. The number of carbonyl (C=O) groups excluding carboxylic acids is 1. The summed E-state index contributed by atoms with van der Waals surface area (Å²) in [6.45, 7) is -0.0782. The molecular formula is C9H8N2O4. The summed E-state index contributed by atoms with van der Waals surface area (Å²) in [5.74, 6) is -1.20. The van der Waals surface area contributed by atoms with Crippen LogP contribution in [0.15, 0.2) is 24.5 Å². The lowest BCUT2D eigenvalue weighted by Crippen LogP contribution is -2.39. The third-order valence-electron chi connectivity index (χ3n) is 2.24. The van der Waals surface area contributed by atoms with E-state index in [2.05, 4.69) is 10.3 Å². The van der Waals surface area contributed by atoms with Gasteiger partial charge < -0.3 is 15.2 Å². The van der Waals surface area contributed by atoms with Crippen LogP contribution in [0.3, 0.4) is 0 Å². The Morgan fingerprint density at radius 3 is 2.67 bits per heavy atom. The molecule has 1 aliphatic rings. The topological polar surface area (TPSA) is 88.5 Å². The molecule has 15 heavy (non-hydrogen) atoms. The largest absolute Gasteiger partial charge is 0.478 e. The molecule has 2 heterocycles. The predicted octanol–water partition coefficient (Wildman–Crippen LogP) is 0.101. The zero-order valence-corrected chi connectivity index (χ0v) is 7.64. The van der Waals surface area contributed by atoms with Gasteiger partial charge in [0.1, 0.15) is 0 Å². The van der Waals surface area contributed by atoms with Gasteiger partial charge in [-0.1, -0.05) is 0 Å². The van der Waals surface area contributed by atoms with E-state index >= 15 is 0 Å². The second-order valence-corrected chi connectivity index (χ2v) is 3.11. The first-order chi connectivity index (χ1) is 7.15. The van der Waals surface area contributed by atoms with Crippen LogP contribution in [0.1, 0.15) is 5.56 Å². The number of carbonyl (C=O) groups is 2. The second kappa shape index (κ2) is 3.23. The fourth-order valence-electron chi connectivity index (χ4n) is 1.45. The van der Waals surface area contributed by atoms with E-state index in [1.54, 1.807) is 0 Å². The van der Waals surface area contributed by atoms with Crippen LogP contribution in [0.5, 0.6) is 0 Å². The molecule has 0 bridgehead atoms. The molecule has 1 saturated heterocycles. The Morgan fingerprint density at radius 2 is 2.20 bits per heavy atom. The SMILES string of the molecule is O=C1NCC(C(=O)O)(c2ccncc2)O1. The minimum atomic E-state index is -1.62. The number of carboxylic acid groups (broad SMARTS) is 1. The molecule has 0 aliphatic carbocycles. The van der Waals surface area contributed by atoms with Gasteiger partial charge in [0.25, 0.3) is 5.60 Å². The van der Waals surface area contributed by atoms with Crippen LogP contribution in [0.4, 0.5) is 4.79 Å². The van der Waals surface area contributed by atoms with Crippen LogP contribution >= 0.6 is 0 Å². The molecular weight excluding hydrogens is 200 g/mol. The summed E-state index contributed by atoms with van der Waals surface area (Å²) >= 11 is 0. The van der Waals surface area contributed by atoms with Crippen LogP contribution in [0.2, 0.25) is 0 Å². The van der Waals surface area contributed by atoms with E-state index in [4.69, 9.17) is 9.84 Å². The highest BCUT2D eigenvalue weighted by molar-refractivity contribution is 5.86. The number of hydrogen-bond donors (Lipinski definition) is 2. The molecule has 0 spiro atoms. The van der Waals surface area contributed by atoms with Crippen molar-refractivity contribution in [3.8, 4) is 0 Å². The van der Waals surface area contributed by atoms with Gasteiger partial charge in [-0.05, 0) is 12.1 Å². The summed E-state index contributed by atoms with van der Waals surface area (Å²) in [7, 11) is 0. The lowest BCUT2D eigenvalue weighted by atomic mass is 9.95. The van der Waals surface area contributed by atoms with Crippen LogP contribution in [0, 0.1) is 0 Å². The molecule has 1 aromatic heterocycles. The van der Waals surface area contributed by atoms with Crippen LogP contribution < -0.4 is 5.32 Å². The number of hydrogen-bond acceptors (Lipinski definition) is 4. The zero-order valence-electron chi connectivity index (χ0n) is 7.64. The number of ether oxygens (including phenoxy) is 1. The van der Waals surface area contributed by atoms with Gasteiger partial charge in [0.05, 0.1) is 6.54 Å². The number of aliphatic carboxylic acids is 1. The van der Waals surface area contributed by atoms with Gasteiger partial charge in [0, 0.05) is 18.0 Å². The molecule has 1 fully saturated rings. The first-order valence-electron chi connectivity index (χ1n) is 4.26. The summed E-state index contributed by atoms with van der Waals surface area (Å²) < 4.78 is 4.82. The lowest BCUT2D eigenvalue weighted by molar-refractivity contribution is -0.155. The smallest absolute Gasteiger partial charge is 0.408 e. The molecule has 2 rings (SSSR count). The normalized spacial score (nSPS) is 24.4. The molecule has 0 radical (unpaired) electrons. The highest BCUT2D eigenvalue weighted by Crippen LogP contribution is 2.28. The Balaban J connectivity index is 2.45. The average Bonchev–Trinajstić information content (AvgIpc) is 2.63. The van der Waals surface area contributed by atoms with Gasteiger partial charge in [0.15, 0.2) is 0 Å². The first kappa shape index (κ1) is 9.45. The molecule has 0 saturated carbocycles. The van der Waals surface area contributed by atoms with E-state index in [9.17, 15) is 9.59 Å². The van der Waals surface area contributed by atoms with E-state index < -0.39 is 17.7 Å². The van der Waals surface area contributed by atoms with E-state index in [-0.39, 0.29) is 6.54 Å². The van der Waals surface area contributed by atoms with Crippen molar-refractivity contribution in [3.63, 3.8) is 0 Å². The van der Waals surface area contributed by atoms with E-state index in [0.29, 0.717) is 5.56 Å². The minimum absolute atomic E-state index is 0.0782. The molecule has 6 nitrogen and oxygen atoms in total. The van der Waals surface area contributed by atoms with Gasteiger partial charge in [-0.3, -0.25) is 4.98 Å². The predicted molar refractivity (Wildman–Crippen MR) is 48.0 cm³/mol. The van der Waals surface area contributed by atoms with Gasteiger partial charge in [0.2, 0.25) is 0 Å². The van der Waals surface area contributed by atoms with Crippen molar-refractivity contribution < 1.29 is 19.4 Å². The Hall–Kier alpha value is -2.11. The van der Waals surface area contributed by atoms with Gasteiger partial charge in [-0.25, -0.2) is 9.59 Å². The Labute approximate surface area is 84.9 Å². The van der Waals surface area contributed by atoms with E-state index in [1.807, 2.05) is 0 Å². The summed E-state index contributed by atoms with van der Waals surface area (Å²) in [6, 6.07) is 3.02. The lowest BCUT2D eigenvalue weighted by Gasteiger charge is -2.21. The number of pyridine rings is 1. The molecule has 78 valence electrons. The number of carboxylic acids is 1. The highest BCUT2D eigenvalue weighted by atomic mass is 16.6. The molecule has 1 aromatic rings. The van der Waals surface area contributed by atoms with Crippen molar-refractivity contribution >= 4 is 12.1 Å². The standard InChI is InChI=1S/C9H8N2O4/c12-7(13)9(5-11-8(14)15-9)6-1-3-10-4-2-6/h1-4H,5H2,(H,11,14)(H,12,13). The van der Waals surface area contributed by atoms with E-state index in [0.717, 1.165) is 0 Å². The van der Waals surface area contributed by atoms with Crippen molar-refractivity contribution in [3.05, 3.63) is 30.1 Å². The maximum atomic E-state index is 11.1. The maximum Gasteiger partial charge on any atom is 0.408 e. The number of cyclic esters (lactones) is 1. The molecule has 6 heteroatoms. The maximum absolute atomic E-state index is 11.1. The fraction of sp³-hybridized carbons (Fsp3) is 0.222. The zero-order chi connectivity index (χ0) is 10.9. The first-order valence-corrected chi connectivity index (χ1v) is 4.26. The Kier molecular flexibility index (Phi) is 2.03. The average molecular weight is 208 g/mol. The van der Waals surface area contributed by atoms with Crippen LogP contribution in [-0.2, 0) is 15.1 Å². The number of amides is 1. The highest BCUT2D eigenvalue weighted by Gasteiger charge is 2.49. The Morgan fingerprint density at radius 1 is 1.53 bits per heavy atom. The minimum Gasteiger partial charge on any atom is -0.478 e. The van der Waals surface area contributed by atoms with Crippen LogP contribution in [-0.4, -0.2) is 28.7 Å². The molecule has 1 unspecified atom stereocenters. The van der Waals surface area contributed by atoms with Crippen molar-refractivity contribution in [1.82, 2.24) is 10.3 Å². The number of alkyl carbamates (subject to hydrolysis) is 1. The third kappa shape index (κ3) is 1.39. The molecule has 0 aromatic carbocycles. The number of nitrogens with zero attached hydrogens (tertiary/aromatic N) is 1. The van der Waals surface area contributed by atoms with E-state index in [1.165, 1.54) is 24.5 Å². The third-order valence-corrected chi connectivity index (χ3v) is 2.24. The van der Waals surface area contributed by atoms with Gasteiger partial charge in [-0.15, -0.1) is 0 Å². The van der Waals surface area contributed by atoms with Crippen LogP contribution in [0.25, 0.3) is 0 Å². The number of rotatable bonds is 2. The summed E-state index contributed by atoms with van der Waals surface area (Å²) in [4.78, 5) is 25.8. The molecule has 2 N–H and O–H groups in total. The Bertz CT molecular complexity index is 406. The number of nitrogens with one attached hydrogen (secondary N) is 1. The summed E-state index contributed by atoms with van der Waals surface area (Å²) in [5, 5.41) is 11.4. The van der Waals surface area contributed by atoms with Crippen molar-refractivity contribution in [1.29, 1.82) is 0 Å². The fourth-order valence-corrected chi connectivity index (χ4v) is 1.45. The van der Waals surface area contributed by atoms with Gasteiger partial charge in [-0.2, -0.15) is 0 Å².